The molecule has 1 heterocycles. The van der Waals surface area contributed by atoms with Gasteiger partial charge in [-0.25, -0.2) is 4.79 Å². The first-order chi connectivity index (χ1) is 8.52. The summed E-state index contributed by atoms with van der Waals surface area (Å²) in [4.78, 5) is 35.6. The normalized spacial score (nSPS) is 12.1. The smallest absolute Gasteiger partial charge is 0.328 e. The van der Waals surface area contributed by atoms with Crippen LogP contribution in [0.2, 0.25) is 0 Å². The number of nitrogens with zero attached hydrogens (tertiary/aromatic N) is 1. The predicted molar refractivity (Wildman–Crippen MR) is 65.2 cm³/mol. The molecule has 1 unspecified atom stereocenters. The summed E-state index contributed by atoms with van der Waals surface area (Å²) in [7, 11) is 0. The van der Waals surface area contributed by atoms with E-state index >= 15 is 0 Å². The molecule has 0 aromatic carbocycles. The van der Waals surface area contributed by atoms with E-state index in [-0.39, 0.29) is 12.5 Å². The Morgan fingerprint density at radius 2 is 2.28 bits per heavy atom. The maximum absolute atomic E-state index is 11.5. The standard InChI is InChI=1S/C11H17N3O4/c1-2-8(15)3-5-12-10(17)7-14-6-4-9(16)13-11(14)18/h4,6,8,15H,2-3,5,7H2,1H3,(H,12,17)(H,13,16,18). The van der Waals surface area contributed by atoms with E-state index in [1.165, 1.54) is 12.3 Å². The zero-order valence-corrected chi connectivity index (χ0v) is 10.2. The van der Waals surface area contributed by atoms with Gasteiger partial charge in [0.25, 0.3) is 5.56 Å². The van der Waals surface area contributed by atoms with Gasteiger partial charge in [0.05, 0.1) is 6.10 Å². The molecule has 1 atom stereocenters. The van der Waals surface area contributed by atoms with Gasteiger partial charge in [0.1, 0.15) is 6.54 Å². The van der Waals surface area contributed by atoms with Gasteiger partial charge in [-0.3, -0.25) is 19.1 Å². The Morgan fingerprint density at radius 3 is 2.89 bits per heavy atom. The number of aliphatic hydroxyl groups is 1. The lowest BCUT2D eigenvalue weighted by Crippen LogP contribution is -2.36. The molecule has 18 heavy (non-hydrogen) atoms. The van der Waals surface area contributed by atoms with Gasteiger partial charge in [0.15, 0.2) is 0 Å². The highest BCUT2D eigenvalue weighted by Crippen LogP contribution is 1.94. The third kappa shape index (κ3) is 4.54. The van der Waals surface area contributed by atoms with Crippen molar-refractivity contribution in [2.75, 3.05) is 6.54 Å². The summed E-state index contributed by atoms with van der Waals surface area (Å²) in [6.07, 6.45) is 1.95. The molecule has 0 aliphatic rings. The van der Waals surface area contributed by atoms with Gasteiger partial charge >= 0.3 is 5.69 Å². The van der Waals surface area contributed by atoms with Crippen LogP contribution in [0.3, 0.4) is 0 Å². The highest BCUT2D eigenvalue weighted by Gasteiger charge is 2.05. The summed E-state index contributed by atoms with van der Waals surface area (Å²) in [5.74, 6) is -0.340. The van der Waals surface area contributed by atoms with E-state index in [4.69, 9.17) is 0 Å². The first kappa shape index (κ1) is 14.2. The summed E-state index contributed by atoms with van der Waals surface area (Å²) in [5.41, 5.74) is -1.12. The van der Waals surface area contributed by atoms with Gasteiger partial charge in [-0.2, -0.15) is 0 Å². The van der Waals surface area contributed by atoms with Crippen molar-refractivity contribution in [2.45, 2.75) is 32.4 Å². The second-order valence-corrected chi connectivity index (χ2v) is 3.94. The lowest BCUT2D eigenvalue weighted by Gasteiger charge is -2.09. The number of rotatable bonds is 6. The van der Waals surface area contributed by atoms with Gasteiger partial charge in [0.2, 0.25) is 5.91 Å². The zero-order valence-electron chi connectivity index (χ0n) is 10.2. The highest BCUT2D eigenvalue weighted by molar-refractivity contribution is 5.75. The summed E-state index contributed by atoms with van der Waals surface area (Å²) in [5, 5.41) is 11.9. The molecule has 0 spiro atoms. The van der Waals surface area contributed by atoms with E-state index in [1.54, 1.807) is 0 Å². The quantitative estimate of drug-likeness (QED) is 0.594. The lowest BCUT2D eigenvalue weighted by molar-refractivity contribution is -0.121. The zero-order chi connectivity index (χ0) is 13.5. The van der Waals surface area contributed by atoms with E-state index in [2.05, 4.69) is 10.3 Å². The molecule has 1 aromatic rings. The van der Waals surface area contributed by atoms with Crippen molar-refractivity contribution in [2.24, 2.45) is 0 Å². The number of hydrogen-bond donors (Lipinski definition) is 3. The minimum atomic E-state index is -0.619. The van der Waals surface area contributed by atoms with Gasteiger partial charge in [-0.1, -0.05) is 6.92 Å². The van der Waals surface area contributed by atoms with Crippen molar-refractivity contribution in [3.8, 4) is 0 Å². The number of H-pyrrole nitrogens is 1. The maximum atomic E-state index is 11.5. The van der Waals surface area contributed by atoms with Crippen LogP contribution in [0, 0.1) is 0 Å². The molecule has 0 aliphatic carbocycles. The largest absolute Gasteiger partial charge is 0.393 e. The first-order valence-corrected chi connectivity index (χ1v) is 5.77. The summed E-state index contributed by atoms with van der Waals surface area (Å²) in [6, 6.07) is 1.18. The van der Waals surface area contributed by atoms with Crippen molar-refractivity contribution < 1.29 is 9.90 Å². The SMILES string of the molecule is CCC(O)CCNC(=O)Cn1ccc(=O)[nH]c1=O. The van der Waals surface area contributed by atoms with Crippen LogP contribution in [-0.2, 0) is 11.3 Å². The van der Waals surface area contributed by atoms with Gasteiger partial charge in [0, 0.05) is 18.8 Å². The minimum absolute atomic E-state index is 0.155. The summed E-state index contributed by atoms with van der Waals surface area (Å²) in [6.45, 7) is 2.05. The number of hydrogen-bond acceptors (Lipinski definition) is 4. The molecule has 1 aromatic heterocycles. The molecular formula is C11H17N3O4. The molecule has 0 fully saturated rings. The Bertz CT molecular complexity index is 506. The van der Waals surface area contributed by atoms with Gasteiger partial charge in [-0.05, 0) is 12.8 Å². The Labute approximate surface area is 103 Å². The molecule has 1 rings (SSSR count). The maximum Gasteiger partial charge on any atom is 0.328 e. The van der Waals surface area contributed by atoms with Crippen molar-refractivity contribution in [1.29, 1.82) is 0 Å². The predicted octanol–water partition coefficient (Wildman–Crippen LogP) is -1.19. The third-order valence-electron chi connectivity index (χ3n) is 2.48. The van der Waals surface area contributed by atoms with Gasteiger partial charge < -0.3 is 10.4 Å². The molecule has 0 aliphatic heterocycles. The van der Waals surface area contributed by atoms with Gasteiger partial charge in [-0.15, -0.1) is 0 Å². The van der Waals surface area contributed by atoms with Crippen molar-refractivity contribution in [3.63, 3.8) is 0 Å². The van der Waals surface area contributed by atoms with E-state index < -0.39 is 17.4 Å². The Morgan fingerprint density at radius 1 is 1.56 bits per heavy atom. The topological polar surface area (TPSA) is 104 Å². The second-order valence-electron chi connectivity index (χ2n) is 3.94. The molecule has 0 bridgehead atoms. The monoisotopic (exact) mass is 255 g/mol. The van der Waals surface area contributed by atoms with Crippen molar-refractivity contribution >= 4 is 5.91 Å². The van der Waals surface area contributed by atoms with Crippen molar-refractivity contribution in [1.82, 2.24) is 14.9 Å². The summed E-state index contributed by atoms with van der Waals surface area (Å²) < 4.78 is 1.10. The average Bonchev–Trinajstić information content (AvgIpc) is 2.32. The molecule has 1 amide bonds. The molecule has 100 valence electrons. The Kier molecular flexibility index (Phi) is 5.31. The van der Waals surface area contributed by atoms with Crippen LogP contribution >= 0.6 is 0 Å². The molecule has 0 saturated heterocycles. The van der Waals surface area contributed by atoms with E-state index in [9.17, 15) is 19.5 Å². The average molecular weight is 255 g/mol. The molecule has 7 heteroatoms. The molecular weight excluding hydrogens is 238 g/mol. The molecule has 0 saturated carbocycles. The van der Waals surface area contributed by atoms with Crippen LogP contribution in [0.4, 0.5) is 0 Å². The highest BCUT2D eigenvalue weighted by atomic mass is 16.3. The number of carbonyl (C=O) groups excluding carboxylic acids is 1. The van der Waals surface area contributed by atoms with Crippen LogP contribution in [0.5, 0.6) is 0 Å². The van der Waals surface area contributed by atoms with E-state index in [0.717, 1.165) is 4.57 Å². The fraction of sp³-hybridized carbons (Fsp3) is 0.545. The second kappa shape index (κ2) is 6.75. The van der Waals surface area contributed by atoms with E-state index in [0.29, 0.717) is 19.4 Å². The Hall–Kier alpha value is -1.89. The van der Waals surface area contributed by atoms with Crippen LogP contribution in [-0.4, -0.2) is 33.2 Å². The number of aliphatic hydroxyl groups excluding tert-OH is 1. The molecule has 3 N–H and O–H groups in total. The minimum Gasteiger partial charge on any atom is -0.393 e. The number of carbonyl (C=O) groups is 1. The fourth-order valence-electron chi connectivity index (χ4n) is 1.36. The van der Waals surface area contributed by atoms with Crippen molar-refractivity contribution in [3.05, 3.63) is 33.1 Å². The third-order valence-corrected chi connectivity index (χ3v) is 2.48. The fourth-order valence-corrected chi connectivity index (χ4v) is 1.36. The van der Waals surface area contributed by atoms with Crippen LogP contribution in [0.15, 0.2) is 21.9 Å². The van der Waals surface area contributed by atoms with Crippen LogP contribution < -0.4 is 16.6 Å². The number of aromatic nitrogens is 2. The van der Waals surface area contributed by atoms with Crippen LogP contribution in [0.1, 0.15) is 19.8 Å². The first-order valence-electron chi connectivity index (χ1n) is 5.77. The number of aromatic amines is 1. The van der Waals surface area contributed by atoms with Crippen LogP contribution in [0.25, 0.3) is 0 Å². The lowest BCUT2D eigenvalue weighted by atomic mass is 10.2. The molecule has 0 radical (unpaired) electrons. The van der Waals surface area contributed by atoms with E-state index in [1.807, 2.05) is 6.92 Å². The Balaban J connectivity index is 2.45. The molecule has 7 nitrogen and oxygen atoms in total. The number of nitrogens with one attached hydrogen (secondary N) is 2. The number of amides is 1. The summed E-state index contributed by atoms with van der Waals surface area (Å²) >= 11 is 0.